The molecule has 0 aromatic carbocycles. The number of ether oxygens (including phenoxy) is 3. The normalized spacial score (nSPS) is 11.9. The van der Waals surface area contributed by atoms with Crippen LogP contribution < -0.4 is 0 Å². The smallest absolute Gasteiger partial charge is 0.314 e. The molecule has 0 bridgehead atoms. The van der Waals surface area contributed by atoms with E-state index >= 15 is 0 Å². The van der Waals surface area contributed by atoms with Gasteiger partial charge in [0.25, 0.3) is 0 Å². The molecule has 0 saturated carbocycles. The van der Waals surface area contributed by atoms with Crippen molar-refractivity contribution >= 4 is 0 Å². The molecule has 1 aromatic rings. The molecule has 12 heavy (non-hydrogen) atoms. The molecule has 0 aliphatic rings. The monoisotopic (exact) mass is 172 g/mol. The topological polar surface area (TPSA) is 40.8 Å². The summed E-state index contributed by atoms with van der Waals surface area (Å²) >= 11 is 0. The molecule has 0 amide bonds. The second kappa shape index (κ2) is 3.71. The van der Waals surface area contributed by atoms with E-state index in [-0.39, 0.29) is 0 Å². The molecule has 4 nitrogen and oxygen atoms in total. The van der Waals surface area contributed by atoms with Crippen molar-refractivity contribution in [3.8, 4) is 0 Å². The lowest BCUT2D eigenvalue weighted by molar-refractivity contribution is -0.364. The van der Waals surface area contributed by atoms with Crippen molar-refractivity contribution in [2.24, 2.45) is 0 Å². The molecule has 1 aromatic heterocycles. The van der Waals surface area contributed by atoms with Crippen LogP contribution in [0.5, 0.6) is 0 Å². The number of rotatable bonds is 4. The highest BCUT2D eigenvalue weighted by atomic mass is 16.9. The lowest BCUT2D eigenvalue weighted by Gasteiger charge is -2.26. The van der Waals surface area contributed by atoms with Gasteiger partial charge < -0.3 is 18.6 Å². The third-order valence-corrected chi connectivity index (χ3v) is 1.68. The van der Waals surface area contributed by atoms with Crippen molar-refractivity contribution in [1.82, 2.24) is 0 Å². The van der Waals surface area contributed by atoms with Crippen molar-refractivity contribution in [2.75, 3.05) is 21.3 Å². The van der Waals surface area contributed by atoms with Gasteiger partial charge in [-0.25, -0.2) is 0 Å². The van der Waals surface area contributed by atoms with Gasteiger partial charge in [0, 0.05) is 21.3 Å². The summed E-state index contributed by atoms with van der Waals surface area (Å²) in [6.45, 7) is 0. The van der Waals surface area contributed by atoms with Crippen LogP contribution in [0.15, 0.2) is 23.0 Å². The van der Waals surface area contributed by atoms with Crippen molar-refractivity contribution in [2.45, 2.75) is 5.97 Å². The molecule has 0 saturated heterocycles. The van der Waals surface area contributed by atoms with E-state index in [1.807, 2.05) is 0 Å². The van der Waals surface area contributed by atoms with E-state index in [1.165, 1.54) is 33.9 Å². The molecule has 0 unspecified atom stereocenters. The third-order valence-electron chi connectivity index (χ3n) is 1.68. The van der Waals surface area contributed by atoms with Gasteiger partial charge in [-0.1, -0.05) is 0 Å². The minimum Gasteiger partial charge on any atom is -0.472 e. The average molecular weight is 172 g/mol. The fraction of sp³-hybridized carbons (Fsp3) is 0.500. The summed E-state index contributed by atoms with van der Waals surface area (Å²) in [7, 11) is 4.50. The van der Waals surface area contributed by atoms with E-state index in [0.29, 0.717) is 5.56 Å². The summed E-state index contributed by atoms with van der Waals surface area (Å²) < 4.78 is 20.1. The minimum atomic E-state index is -1.15. The standard InChI is InChI=1S/C8H12O4/c1-9-8(10-2,11-3)7-4-5-12-6-7/h4-6H,1-3H3. The van der Waals surface area contributed by atoms with Crippen molar-refractivity contribution < 1.29 is 18.6 Å². The molecular formula is C8H12O4. The molecule has 0 aliphatic carbocycles. The minimum absolute atomic E-state index is 0.690. The van der Waals surface area contributed by atoms with Gasteiger partial charge in [0.15, 0.2) is 0 Å². The third kappa shape index (κ3) is 1.36. The fourth-order valence-electron chi connectivity index (χ4n) is 1.04. The number of hydrogen-bond acceptors (Lipinski definition) is 4. The Labute approximate surface area is 71.0 Å². The molecule has 0 spiro atoms. The Morgan fingerprint density at radius 3 is 2.08 bits per heavy atom. The Hall–Kier alpha value is -0.840. The first-order valence-corrected chi connectivity index (χ1v) is 3.47. The van der Waals surface area contributed by atoms with Crippen LogP contribution in [0, 0.1) is 0 Å². The van der Waals surface area contributed by atoms with Crippen LogP contribution in [-0.4, -0.2) is 21.3 Å². The number of hydrogen-bond donors (Lipinski definition) is 0. The number of furan rings is 1. The van der Waals surface area contributed by atoms with Gasteiger partial charge in [-0.2, -0.15) is 0 Å². The lowest BCUT2D eigenvalue weighted by atomic mass is 10.3. The molecule has 4 heteroatoms. The Balaban J connectivity index is 2.93. The van der Waals surface area contributed by atoms with Crippen LogP contribution in [0.3, 0.4) is 0 Å². The summed E-state index contributed by atoms with van der Waals surface area (Å²) in [4.78, 5) is 0. The second-order valence-electron chi connectivity index (χ2n) is 2.18. The second-order valence-corrected chi connectivity index (χ2v) is 2.18. The van der Waals surface area contributed by atoms with E-state index in [2.05, 4.69) is 0 Å². The fourth-order valence-corrected chi connectivity index (χ4v) is 1.04. The first-order valence-electron chi connectivity index (χ1n) is 3.47. The Morgan fingerprint density at radius 2 is 1.75 bits per heavy atom. The van der Waals surface area contributed by atoms with Crippen LogP contribution in [0.4, 0.5) is 0 Å². The molecule has 68 valence electrons. The zero-order valence-electron chi connectivity index (χ0n) is 7.37. The van der Waals surface area contributed by atoms with E-state index in [1.54, 1.807) is 6.07 Å². The molecule has 0 fully saturated rings. The average Bonchev–Trinajstić information content (AvgIpc) is 2.62. The SMILES string of the molecule is COC(OC)(OC)c1ccoc1. The van der Waals surface area contributed by atoms with Gasteiger partial charge in [-0.15, -0.1) is 0 Å². The van der Waals surface area contributed by atoms with Crippen LogP contribution in [-0.2, 0) is 20.2 Å². The summed E-state index contributed by atoms with van der Waals surface area (Å²) in [5, 5.41) is 0. The molecular weight excluding hydrogens is 160 g/mol. The maximum Gasteiger partial charge on any atom is 0.314 e. The van der Waals surface area contributed by atoms with Crippen molar-refractivity contribution in [3.05, 3.63) is 24.2 Å². The molecule has 0 radical (unpaired) electrons. The molecule has 1 rings (SSSR count). The van der Waals surface area contributed by atoms with E-state index in [0.717, 1.165) is 0 Å². The summed E-state index contributed by atoms with van der Waals surface area (Å²) in [5.41, 5.74) is 0.690. The maximum absolute atomic E-state index is 5.08. The highest BCUT2D eigenvalue weighted by Crippen LogP contribution is 2.26. The van der Waals surface area contributed by atoms with E-state index in [9.17, 15) is 0 Å². The van der Waals surface area contributed by atoms with Gasteiger partial charge >= 0.3 is 5.97 Å². The Bertz CT molecular complexity index is 205. The van der Waals surface area contributed by atoms with Gasteiger partial charge in [0.05, 0.1) is 11.8 Å². The Morgan fingerprint density at radius 1 is 1.17 bits per heavy atom. The van der Waals surface area contributed by atoms with Crippen molar-refractivity contribution in [1.29, 1.82) is 0 Å². The van der Waals surface area contributed by atoms with Crippen LogP contribution >= 0.6 is 0 Å². The Kier molecular flexibility index (Phi) is 2.86. The zero-order valence-corrected chi connectivity index (χ0v) is 7.37. The van der Waals surface area contributed by atoms with Crippen molar-refractivity contribution in [3.63, 3.8) is 0 Å². The van der Waals surface area contributed by atoms with Crippen LogP contribution in [0.2, 0.25) is 0 Å². The predicted octanol–water partition coefficient (Wildman–Crippen LogP) is 1.33. The number of methoxy groups -OCH3 is 3. The van der Waals surface area contributed by atoms with Crippen LogP contribution in [0.25, 0.3) is 0 Å². The first kappa shape index (κ1) is 9.25. The highest BCUT2D eigenvalue weighted by molar-refractivity contribution is 5.10. The summed E-state index contributed by atoms with van der Waals surface area (Å²) in [6.07, 6.45) is 3.04. The molecule has 0 aliphatic heterocycles. The van der Waals surface area contributed by atoms with Gasteiger partial charge in [0.1, 0.15) is 6.26 Å². The quantitative estimate of drug-likeness (QED) is 0.642. The maximum atomic E-state index is 5.08. The zero-order chi connectivity index (χ0) is 9.03. The molecule has 0 atom stereocenters. The van der Waals surface area contributed by atoms with Gasteiger partial charge in [-0.05, 0) is 6.07 Å². The highest BCUT2D eigenvalue weighted by Gasteiger charge is 2.33. The largest absolute Gasteiger partial charge is 0.472 e. The first-order chi connectivity index (χ1) is 5.79. The molecule has 0 N–H and O–H groups in total. The lowest BCUT2D eigenvalue weighted by Crippen LogP contribution is -2.32. The van der Waals surface area contributed by atoms with Gasteiger partial charge in [0.2, 0.25) is 0 Å². The van der Waals surface area contributed by atoms with E-state index in [4.69, 9.17) is 18.6 Å². The van der Waals surface area contributed by atoms with Crippen LogP contribution in [0.1, 0.15) is 5.56 Å². The predicted molar refractivity (Wildman–Crippen MR) is 41.4 cm³/mol. The van der Waals surface area contributed by atoms with E-state index < -0.39 is 5.97 Å². The molecule has 1 heterocycles. The summed E-state index contributed by atoms with van der Waals surface area (Å²) in [5.74, 6) is -1.15. The summed E-state index contributed by atoms with van der Waals surface area (Å²) in [6, 6.07) is 1.72. The van der Waals surface area contributed by atoms with Gasteiger partial charge in [-0.3, -0.25) is 0 Å².